The lowest BCUT2D eigenvalue weighted by molar-refractivity contribution is 0.101. The van der Waals surface area contributed by atoms with Crippen molar-refractivity contribution in [2.45, 2.75) is 6.92 Å². The topological polar surface area (TPSA) is 112 Å². The van der Waals surface area contributed by atoms with Crippen molar-refractivity contribution in [2.75, 3.05) is 11.1 Å². The number of nitrogens with zero attached hydrogens (tertiary/aromatic N) is 4. The highest BCUT2D eigenvalue weighted by molar-refractivity contribution is 6.05. The van der Waals surface area contributed by atoms with Crippen LogP contribution in [0.3, 0.4) is 0 Å². The molecule has 84 valence electrons. The van der Waals surface area contributed by atoms with Crippen molar-refractivity contribution in [3.63, 3.8) is 0 Å². The van der Waals surface area contributed by atoms with Crippen molar-refractivity contribution in [3.8, 4) is 0 Å². The van der Waals surface area contributed by atoms with E-state index in [2.05, 4.69) is 20.6 Å². The Morgan fingerprint density at radius 2 is 2.31 bits per heavy atom. The van der Waals surface area contributed by atoms with Crippen LogP contribution in [0, 0.1) is 6.92 Å². The number of nitrogen functional groups attached to an aromatic ring is 1. The fraction of sp³-hybridized carbons (Fsp3) is 0.250. The van der Waals surface area contributed by atoms with Crippen molar-refractivity contribution >= 4 is 17.6 Å². The molecule has 0 bridgehead atoms. The van der Waals surface area contributed by atoms with E-state index in [-0.39, 0.29) is 17.4 Å². The van der Waals surface area contributed by atoms with Crippen LogP contribution in [-0.4, -0.2) is 25.9 Å². The van der Waals surface area contributed by atoms with Gasteiger partial charge >= 0.3 is 6.01 Å². The molecule has 1 amide bonds. The number of hydrogen-bond donors (Lipinski definition) is 2. The Hall–Kier alpha value is -2.38. The molecule has 0 aliphatic heterocycles. The minimum atomic E-state index is -0.443. The highest BCUT2D eigenvalue weighted by Crippen LogP contribution is 2.12. The highest BCUT2D eigenvalue weighted by atomic mass is 16.4. The van der Waals surface area contributed by atoms with Crippen LogP contribution in [0.5, 0.6) is 0 Å². The standard InChI is InChI=1S/C8H10N6O2/c1-4-12-13-8(16-4)11-7(15)6-5(9)3-10-14(6)2/h3H,9H2,1-2H3,(H,11,13,15). The second kappa shape index (κ2) is 3.65. The number of nitrogens with one attached hydrogen (secondary N) is 1. The van der Waals surface area contributed by atoms with Crippen molar-refractivity contribution in [1.29, 1.82) is 0 Å². The Morgan fingerprint density at radius 1 is 1.56 bits per heavy atom. The smallest absolute Gasteiger partial charge is 0.322 e. The summed E-state index contributed by atoms with van der Waals surface area (Å²) in [4.78, 5) is 11.7. The Bertz CT molecular complexity index is 509. The van der Waals surface area contributed by atoms with Gasteiger partial charge < -0.3 is 10.2 Å². The van der Waals surface area contributed by atoms with E-state index < -0.39 is 5.91 Å². The van der Waals surface area contributed by atoms with E-state index >= 15 is 0 Å². The molecule has 0 spiro atoms. The molecule has 0 unspecified atom stereocenters. The zero-order valence-corrected chi connectivity index (χ0v) is 8.76. The molecule has 0 saturated carbocycles. The molecule has 2 rings (SSSR count). The lowest BCUT2D eigenvalue weighted by atomic mass is 10.3. The summed E-state index contributed by atoms with van der Waals surface area (Å²) < 4.78 is 6.38. The SMILES string of the molecule is Cc1nnc(NC(=O)c2c(N)cnn2C)o1. The quantitative estimate of drug-likeness (QED) is 0.736. The van der Waals surface area contributed by atoms with E-state index in [0.29, 0.717) is 5.89 Å². The molecule has 0 radical (unpaired) electrons. The van der Waals surface area contributed by atoms with Crippen LogP contribution in [0.2, 0.25) is 0 Å². The largest absolute Gasteiger partial charge is 0.408 e. The first-order valence-corrected chi connectivity index (χ1v) is 4.47. The van der Waals surface area contributed by atoms with Crippen LogP contribution >= 0.6 is 0 Å². The number of amides is 1. The van der Waals surface area contributed by atoms with Crippen LogP contribution in [0.1, 0.15) is 16.4 Å². The molecular formula is C8H10N6O2. The molecule has 0 aliphatic rings. The van der Waals surface area contributed by atoms with Crippen molar-refractivity contribution in [2.24, 2.45) is 7.05 Å². The van der Waals surface area contributed by atoms with Gasteiger partial charge in [0, 0.05) is 14.0 Å². The van der Waals surface area contributed by atoms with Gasteiger partial charge in [-0.05, 0) is 0 Å². The summed E-state index contributed by atoms with van der Waals surface area (Å²) in [6.07, 6.45) is 1.40. The van der Waals surface area contributed by atoms with E-state index in [1.807, 2.05) is 0 Å². The maximum Gasteiger partial charge on any atom is 0.322 e. The molecule has 0 fully saturated rings. The zero-order valence-electron chi connectivity index (χ0n) is 8.76. The van der Waals surface area contributed by atoms with Gasteiger partial charge in [-0.3, -0.25) is 14.8 Å². The van der Waals surface area contributed by atoms with Crippen molar-refractivity contribution in [3.05, 3.63) is 17.8 Å². The lowest BCUT2D eigenvalue weighted by Gasteiger charge is -2.01. The molecule has 0 saturated heterocycles. The first-order valence-electron chi connectivity index (χ1n) is 4.47. The van der Waals surface area contributed by atoms with Gasteiger partial charge in [0.15, 0.2) is 0 Å². The number of hydrogen-bond acceptors (Lipinski definition) is 6. The third-order valence-corrected chi connectivity index (χ3v) is 1.93. The Morgan fingerprint density at radius 3 is 2.81 bits per heavy atom. The van der Waals surface area contributed by atoms with Crippen LogP contribution in [0.15, 0.2) is 10.6 Å². The van der Waals surface area contributed by atoms with E-state index in [4.69, 9.17) is 10.2 Å². The minimum absolute atomic E-state index is 0.0306. The minimum Gasteiger partial charge on any atom is -0.408 e. The predicted octanol–water partition coefficient (Wildman–Crippen LogP) is -0.0540. The van der Waals surface area contributed by atoms with E-state index in [1.54, 1.807) is 14.0 Å². The summed E-state index contributed by atoms with van der Waals surface area (Å²) in [5.41, 5.74) is 6.12. The van der Waals surface area contributed by atoms with Gasteiger partial charge in [0.2, 0.25) is 5.89 Å². The number of carbonyl (C=O) groups excluding carboxylic acids is 1. The van der Waals surface area contributed by atoms with Gasteiger partial charge in [0.1, 0.15) is 5.69 Å². The molecule has 8 nitrogen and oxygen atoms in total. The second-order valence-electron chi connectivity index (χ2n) is 3.15. The average molecular weight is 222 g/mol. The Balaban J connectivity index is 2.21. The molecule has 2 aromatic heterocycles. The molecule has 2 aromatic rings. The number of carbonyl (C=O) groups is 1. The molecule has 8 heteroatoms. The van der Waals surface area contributed by atoms with Crippen LogP contribution < -0.4 is 11.1 Å². The third kappa shape index (κ3) is 1.72. The van der Waals surface area contributed by atoms with E-state index in [0.717, 1.165) is 0 Å². The van der Waals surface area contributed by atoms with Gasteiger partial charge in [-0.15, -0.1) is 5.10 Å². The number of nitrogens with two attached hydrogens (primary N) is 1. The number of aryl methyl sites for hydroxylation is 2. The molecule has 3 N–H and O–H groups in total. The molecule has 0 aromatic carbocycles. The van der Waals surface area contributed by atoms with Gasteiger partial charge in [-0.25, -0.2) is 0 Å². The highest BCUT2D eigenvalue weighted by Gasteiger charge is 2.17. The summed E-state index contributed by atoms with van der Waals surface area (Å²) >= 11 is 0. The summed E-state index contributed by atoms with van der Waals surface area (Å²) in [6, 6.07) is 0.0306. The molecule has 16 heavy (non-hydrogen) atoms. The number of anilines is 2. The first-order chi connectivity index (χ1) is 7.58. The molecule has 0 atom stereocenters. The summed E-state index contributed by atoms with van der Waals surface area (Å²) in [5, 5.41) is 13.5. The number of rotatable bonds is 2. The first kappa shape index (κ1) is 10.1. The van der Waals surface area contributed by atoms with Gasteiger partial charge in [-0.1, -0.05) is 5.10 Å². The predicted molar refractivity (Wildman–Crippen MR) is 54.6 cm³/mol. The van der Waals surface area contributed by atoms with E-state index in [9.17, 15) is 4.79 Å². The Kier molecular flexibility index (Phi) is 2.31. The van der Waals surface area contributed by atoms with E-state index in [1.165, 1.54) is 10.9 Å². The Labute approximate surface area is 90.4 Å². The monoisotopic (exact) mass is 222 g/mol. The van der Waals surface area contributed by atoms with Gasteiger partial charge in [0.05, 0.1) is 11.9 Å². The van der Waals surface area contributed by atoms with Crippen LogP contribution in [-0.2, 0) is 7.05 Å². The average Bonchev–Trinajstić information content (AvgIpc) is 2.74. The van der Waals surface area contributed by atoms with Crippen LogP contribution in [0.25, 0.3) is 0 Å². The maximum atomic E-state index is 11.7. The summed E-state index contributed by atoms with van der Waals surface area (Å²) in [6.45, 7) is 1.63. The maximum absolute atomic E-state index is 11.7. The molecule has 2 heterocycles. The second-order valence-corrected chi connectivity index (χ2v) is 3.15. The number of aromatic nitrogens is 4. The van der Waals surface area contributed by atoms with Gasteiger partial charge in [-0.2, -0.15) is 5.10 Å². The fourth-order valence-electron chi connectivity index (χ4n) is 1.24. The van der Waals surface area contributed by atoms with Crippen molar-refractivity contribution < 1.29 is 9.21 Å². The fourth-order valence-corrected chi connectivity index (χ4v) is 1.24. The van der Waals surface area contributed by atoms with Crippen molar-refractivity contribution in [1.82, 2.24) is 20.0 Å². The summed E-state index contributed by atoms with van der Waals surface area (Å²) in [7, 11) is 1.62. The normalized spacial score (nSPS) is 10.4. The third-order valence-electron chi connectivity index (χ3n) is 1.93. The van der Waals surface area contributed by atoms with Gasteiger partial charge in [0.25, 0.3) is 5.91 Å². The van der Waals surface area contributed by atoms with Crippen LogP contribution in [0.4, 0.5) is 11.7 Å². The summed E-state index contributed by atoms with van der Waals surface area (Å²) in [5.74, 6) is -0.0746. The molecule has 0 aliphatic carbocycles. The lowest BCUT2D eigenvalue weighted by Crippen LogP contribution is -2.17. The molecular weight excluding hydrogens is 212 g/mol. The zero-order chi connectivity index (χ0) is 11.7.